The van der Waals surface area contributed by atoms with Gasteiger partial charge >= 0.3 is 0 Å². The summed E-state index contributed by atoms with van der Waals surface area (Å²) < 4.78 is 1.86. The van der Waals surface area contributed by atoms with E-state index < -0.39 is 0 Å². The summed E-state index contributed by atoms with van der Waals surface area (Å²) in [6.07, 6.45) is 5.93. The summed E-state index contributed by atoms with van der Waals surface area (Å²) in [5, 5.41) is 7.95. The van der Waals surface area contributed by atoms with E-state index in [-0.39, 0.29) is 0 Å². The maximum atomic E-state index is 4.36. The van der Waals surface area contributed by atoms with Gasteiger partial charge < -0.3 is 5.32 Å². The molecule has 1 aromatic rings. The van der Waals surface area contributed by atoms with Crippen LogP contribution in [0.4, 0.5) is 0 Å². The highest BCUT2D eigenvalue weighted by Crippen LogP contribution is 2.36. The fraction of sp³-hybridized carbons (Fsp3) is 0.750. The lowest BCUT2D eigenvalue weighted by atomic mass is 9.92. The second-order valence-corrected chi connectivity index (χ2v) is 5.47. The van der Waals surface area contributed by atoms with E-state index in [1.807, 2.05) is 17.9 Å². The van der Waals surface area contributed by atoms with Crippen molar-refractivity contribution in [1.82, 2.24) is 15.1 Å². The van der Waals surface area contributed by atoms with Crippen LogP contribution in [0.15, 0.2) is 12.3 Å². The van der Waals surface area contributed by atoms with Crippen LogP contribution in [-0.4, -0.2) is 15.8 Å². The number of hydrogen-bond acceptors (Lipinski definition) is 2. The van der Waals surface area contributed by atoms with Crippen LogP contribution in [0.25, 0.3) is 0 Å². The van der Waals surface area contributed by atoms with Crippen LogP contribution in [0.5, 0.6) is 0 Å². The topological polar surface area (TPSA) is 29.9 Å². The third kappa shape index (κ3) is 2.81. The maximum absolute atomic E-state index is 4.36. The van der Waals surface area contributed by atoms with Gasteiger partial charge in [0.25, 0.3) is 0 Å². The van der Waals surface area contributed by atoms with Crippen molar-refractivity contribution < 1.29 is 0 Å². The lowest BCUT2D eigenvalue weighted by molar-refractivity contribution is 0.363. The van der Waals surface area contributed by atoms with Crippen molar-refractivity contribution in [3.8, 4) is 0 Å². The van der Waals surface area contributed by atoms with Crippen molar-refractivity contribution in [3.63, 3.8) is 0 Å². The van der Waals surface area contributed by atoms with E-state index in [1.54, 1.807) is 0 Å². The van der Waals surface area contributed by atoms with Crippen LogP contribution in [0.3, 0.4) is 0 Å². The summed E-state index contributed by atoms with van der Waals surface area (Å²) in [4.78, 5) is 0. The van der Waals surface area contributed by atoms with Crippen LogP contribution >= 0.6 is 0 Å². The van der Waals surface area contributed by atoms with Gasteiger partial charge in [0, 0.05) is 25.8 Å². The molecule has 0 aromatic carbocycles. The van der Waals surface area contributed by atoms with Crippen molar-refractivity contribution in [2.75, 3.05) is 0 Å². The fourth-order valence-electron chi connectivity index (χ4n) is 2.42. The highest BCUT2D eigenvalue weighted by Gasteiger charge is 2.30. The number of hydrogen-bond donors (Lipinski definition) is 1. The van der Waals surface area contributed by atoms with Crippen molar-refractivity contribution in [1.29, 1.82) is 0 Å². The highest BCUT2D eigenvalue weighted by atomic mass is 15.3. The van der Waals surface area contributed by atoms with Crippen molar-refractivity contribution in [2.45, 2.75) is 45.7 Å². The molecule has 1 N–H and O–H groups in total. The Kier molecular flexibility index (Phi) is 2.83. The van der Waals surface area contributed by atoms with Gasteiger partial charge in [0.2, 0.25) is 0 Å². The number of nitrogens with one attached hydrogen (secondary N) is 1. The Balaban J connectivity index is 1.80. The molecule has 2 rings (SSSR count). The van der Waals surface area contributed by atoms with E-state index in [1.165, 1.54) is 19.3 Å². The van der Waals surface area contributed by atoms with Crippen LogP contribution in [0, 0.1) is 5.41 Å². The molecule has 0 radical (unpaired) electrons. The molecule has 1 aliphatic carbocycles. The highest BCUT2D eigenvalue weighted by molar-refractivity contribution is 4.99. The normalized spacial score (nSPS) is 24.6. The summed E-state index contributed by atoms with van der Waals surface area (Å²) >= 11 is 0. The molecule has 0 aliphatic heterocycles. The molecule has 0 spiro atoms. The maximum Gasteiger partial charge on any atom is 0.0762 e. The second-order valence-electron chi connectivity index (χ2n) is 5.47. The van der Waals surface area contributed by atoms with Crippen LogP contribution in [0.1, 0.15) is 38.8 Å². The van der Waals surface area contributed by atoms with E-state index in [0.29, 0.717) is 11.5 Å². The van der Waals surface area contributed by atoms with Crippen LogP contribution in [-0.2, 0) is 13.6 Å². The monoisotopic (exact) mass is 207 g/mol. The van der Waals surface area contributed by atoms with E-state index in [9.17, 15) is 0 Å². The predicted octanol–water partition coefficient (Wildman–Crippen LogP) is 2.09. The summed E-state index contributed by atoms with van der Waals surface area (Å²) in [6, 6.07) is 2.76. The van der Waals surface area contributed by atoms with Gasteiger partial charge in [-0.15, -0.1) is 0 Å². The molecule has 1 fully saturated rings. The average molecular weight is 207 g/mol. The minimum Gasteiger partial charge on any atom is -0.308 e. The van der Waals surface area contributed by atoms with Gasteiger partial charge in [-0.1, -0.05) is 13.8 Å². The van der Waals surface area contributed by atoms with Gasteiger partial charge in [0.15, 0.2) is 0 Å². The molecule has 1 atom stereocenters. The Labute approximate surface area is 91.9 Å². The molecule has 15 heavy (non-hydrogen) atoms. The van der Waals surface area contributed by atoms with E-state index >= 15 is 0 Å². The number of aromatic nitrogens is 2. The van der Waals surface area contributed by atoms with Crippen molar-refractivity contribution in [2.24, 2.45) is 12.5 Å². The molecule has 1 unspecified atom stereocenters. The minimum atomic E-state index is 0.530. The standard InChI is InChI=1S/C12H21N3/c1-12(2)6-4-10(8-12)13-9-11-5-7-15(3)14-11/h5,7,10,13H,4,6,8-9H2,1-3H3. The molecule has 1 aromatic heterocycles. The van der Waals surface area contributed by atoms with Crippen LogP contribution in [0.2, 0.25) is 0 Å². The first-order chi connectivity index (χ1) is 7.05. The van der Waals surface area contributed by atoms with Crippen molar-refractivity contribution in [3.05, 3.63) is 18.0 Å². The van der Waals surface area contributed by atoms with Gasteiger partial charge in [-0.2, -0.15) is 5.10 Å². The van der Waals surface area contributed by atoms with Gasteiger partial charge in [0.05, 0.1) is 5.69 Å². The molecule has 1 aliphatic rings. The molecular weight excluding hydrogens is 186 g/mol. The van der Waals surface area contributed by atoms with Gasteiger partial charge in [-0.25, -0.2) is 0 Å². The smallest absolute Gasteiger partial charge is 0.0762 e. The first-order valence-electron chi connectivity index (χ1n) is 5.77. The third-order valence-corrected chi connectivity index (χ3v) is 3.31. The second kappa shape index (κ2) is 3.97. The zero-order valence-electron chi connectivity index (χ0n) is 9.95. The summed E-state index contributed by atoms with van der Waals surface area (Å²) in [7, 11) is 1.96. The summed E-state index contributed by atoms with van der Waals surface area (Å²) in [6.45, 7) is 5.62. The Bertz CT molecular complexity index is 327. The Morgan fingerprint density at radius 3 is 2.93 bits per heavy atom. The van der Waals surface area contributed by atoms with Crippen LogP contribution < -0.4 is 5.32 Å². The zero-order valence-corrected chi connectivity index (χ0v) is 9.95. The largest absolute Gasteiger partial charge is 0.308 e. The average Bonchev–Trinajstić information content (AvgIpc) is 2.69. The molecule has 0 bridgehead atoms. The molecule has 0 amide bonds. The lowest BCUT2D eigenvalue weighted by Gasteiger charge is -2.17. The molecule has 1 saturated carbocycles. The van der Waals surface area contributed by atoms with Gasteiger partial charge in [-0.3, -0.25) is 4.68 Å². The molecule has 0 saturated heterocycles. The minimum absolute atomic E-state index is 0.530. The van der Waals surface area contributed by atoms with E-state index in [0.717, 1.165) is 12.2 Å². The Morgan fingerprint density at radius 2 is 2.40 bits per heavy atom. The molecular formula is C12H21N3. The number of nitrogens with zero attached hydrogens (tertiary/aromatic N) is 2. The fourth-order valence-corrected chi connectivity index (χ4v) is 2.42. The Hall–Kier alpha value is -0.830. The Morgan fingerprint density at radius 1 is 1.60 bits per heavy atom. The van der Waals surface area contributed by atoms with Crippen molar-refractivity contribution >= 4 is 0 Å². The van der Waals surface area contributed by atoms with E-state index in [4.69, 9.17) is 0 Å². The zero-order chi connectivity index (χ0) is 10.9. The lowest BCUT2D eigenvalue weighted by Crippen LogP contribution is -2.27. The SMILES string of the molecule is Cn1ccc(CNC2CCC(C)(C)C2)n1. The molecule has 3 heteroatoms. The number of rotatable bonds is 3. The first kappa shape index (κ1) is 10.7. The summed E-state index contributed by atoms with van der Waals surface area (Å²) in [5.41, 5.74) is 1.67. The summed E-state index contributed by atoms with van der Waals surface area (Å²) in [5.74, 6) is 0. The first-order valence-corrected chi connectivity index (χ1v) is 5.77. The predicted molar refractivity (Wildman–Crippen MR) is 61.5 cm³/mol. The molecule has 84 valence electrons. The van der Waals surface area contributed by atoms with Gasteiger partial charge in [-0.05, 0) is 30.7 Å². The van der Waals surface area contributed by atoms with Gasteiger partial charge in [0.1, 0.15) is 0 Å². The third-order valence-electron chi connectivity index (χ3n) is 3.31. The van der Waals surface area contributed by atoms with E-state index in [2.05, 4.69) is 30.3 Å². The molecule has 1 heterocycles. The number of aryl methyl sites for hydroxylation is 1. The quantitative estimate of drug-likeness (QED) is 0.822. The molecule has 3 nitrogen and oxygen atoms in total.